The van der Waals surface area contributed by atoms with Crippen molar-refractivity contribution >= 4 is 5.69 Å². The Morgan fingerprint density at radius 3 is 3.00 bits per heavy atom. The summed E-state index contributed by atoms with van der Waals surface area (Å²) in [6, 6.07) is 7.55. The number of rotatable bonds is 2. The van der Waals surface area contributed by atoms with Crippen LogP contribution in [0, 0.1) is 0 Å². The zero-order valence-electron chi connectivity index (χ0n) is 9.09. The fraction of sp³-hybridized carbons (Fsp3) is 0.500. The van der Waals surface area contributed by atoms with E-state index < -0.39 is 0 Å². The number of benzene rings is 1. The van der Waals surface area contributed by atoms with Crippen LogP contribution >= 0.6 is 0 Å². The summed E-state index contributed by atoms with van der Waals surface area (Å²) >= 11 is 0. The highest BCUT2D eigenvalue weighted by Gasteiger charge is 2.20. The molecule has 0 bridgehead atoms. The van der Waals surface area contributed by atoms with Crippen LogP contribution in [-0.4, -0.2) is 13.1 Å². The molecule has 0 fully saturated rings. The van der Waals surface area contributed by atoms with Crippen molar-refractivity contribution in [1.29, 1.82) is 0 Å². The molecule has 0 saturated heterocycles. The van der Waals surface area contributed by atoms with E-state index in [2.05, 4.69) is 42.7 Å². The molecule has 1 aliphatic heterocycles. The van der Waals surface area contributed by atoms with Crippen LogP contribution in [0.4, 0.5) is 5.69 Å². The maximum Gasteiger partial charge on any atom is 0.0379 e. The van der Waals surface area contributed by atoms with Crippen molar-refractivity contribution in [3.8, 4) is 0 Å². The summed E-state index contributed by atoms with van der Waals surface area (Å²) in [6.45, 7) is 4.44. The normalized spacial score (nSPS) is 21.5. The number of fused-ring (bicyclic) bond motifs is 1. The molecule has 0 amide bonds. The maximum atomic E-state index is 3.49. The van der Waals surface area contributed by atoms with Gasteiger partial charge in [0.2, 0.25) is 0 Å². The molecule has 1 aromatic carbocycles. The molecule has 76 valence electrons. The quantitative estimate of drug-likeness (QED) is 0.748. The fourth-order valence-electron chi connectivity index (χ4n) is 2.15. The summed E-state index contributed by atoms with van der Waals surface area (Å²) in [5, 5.41) is 6.79. The van der Waals surface area contributed by atoms with Gasteiger partial charge in [0, 0.05) is 17.8 Å². The van der Waals surface area contributed by atoms with Gasteiger partial charge in [-0.1, -0.05) is 12.1 Å². The van der Waals surface area contributed by atoms with Crippen LogP contribution in [0.1, 0.15) is 31.0 Å². The lowest BCUT2D eigenvalue weighted by Gasteiger charge is -2.14. The van der Waals surface area contributed by atoms with E-state index in [1.165, 1.54) is 16.8 Å². The van der Waals surface area contributed by atoms with Crippen molar-refractivity contribution in [1.82, 2.24) is 5.32 Å². The van der Waals surface area contributed by atoms with E-state index in [1.54, 1.807) is 0 Å². The van der Waals surface area contributed by atoms with Crippen molar-refractivity contribution in [3.05, 3.63) is 29.3 Å². The molecule has 1 aromatic rings. The highest BCUT2D eigenvalue weighted by atomic mass is 14.9. The Morgan fingerprint density at radius 2 is 2.29 bits per heavy atom. The second kappa shape index (κ2) is 3.62. The lowest BCUT2D eigenvalue weighted by atomic mass is 9.98. The second-order valence-electron chi connectivity index (χ2n) is 4.13. The van der Waals surface area contributed by atoms with E-state index in [9.17, 15) is 0 Å². The monoisotopic (exact) mass is 190 g/mol. The first-order valence-corrected chi connectivity index (χ1v) is 5.28. The van der Waals surface area contributed by atoms with Gasteiger partial charge >= 0.3 is 0 Å². The third kappa shape index (κ3) is 1.50. The average Bonchev–Trinajstić information content (AvgIpc) is 2.56. The highest BCUT2D eigenvalue weighted by Crippen LogP contribution is 2.31. The van der Waals surface area contributed by atoms with Crippen molar-refractivity contribution in [2.45, 2.75) is 32.4 Å². The Balaban J connectivity index is 2.39. The Hall–Kier alpha value is -1.02. The molecule has 2 rings (SSSR count). The van der Waals surface area contributed by atoms with Gasteiger partial charge in [0.05, 0.1) is 0 Å². The van der Waals surface area contributed by atoms with E-state index in [0.717, 1.165) is 6.42 Å². The zero-order valence-corrected chi connectivity index (χ0v) is 9.09. The molecule has 1 aliphatic rings. The van der Waals surface area contributed by atoms with Gasteiger partial charge in [0.1, 0.15) is 0 Å². The lowest BCUT2D eigenvalue weighted by molar-refractivity contribution is 0.644. The molecule has 0 aromatic heterocycles. The maximum absolute atomic E-state index is 3.49. The Morgan fingerprint density at radius 1 is 1.50 bits per heavy atom. The van der Waals surface area contributed by atoms with Gasteiger partial charge in [-0.2, -0.15) is 0 Å². The third-order valence-corrected chi connectivity index (χ3v) is 3.02. The molecule has 2 heteroatoms. The number of hydrogen-bond acceptors (Lipinski definition) is 2. The van der Waals surface area contributed by atoms with Crippen molar-refractivity contribution in [2.75, 3.05) is 12.4 Å². The van der Waals surface area contributed by atoms with Gasteiger partial charge in [0.15, 0.2) is 0 Å². The molecule has 2 atom stereocenters. The fourth-order valence-corrected chi connectivity index (χ4v) is 2.15. The minimum absolute atomic E-state index is 0.442. The van der Waals surface area contributed by atoms with E-state index >= 15 is 0 Å². The van der Waals surface area contributed by atoms with Gasteiger partial charge in [-0.05, 0) is 44.5 Å². The summed E-state index contributed by atoms with van der Waals surface area (Å²) in [5.41, 5.74) is 4.24. The minimum Gasteiger partial charge on any atom is -0.382 e. The Bertz CT molecular complexity index is 333. The summed E-state index contributed by atoms with van der Waals surface area (Å²) < 4.78 is 0. The van der Waals surface area contributed by atoms with E-state index in [1.807, 2.05) is 7.05 Å². The van der Waals surface area contributed by atoms with Crippen molar-refractivity contribution in [3.63, 3.8) is 0 Å². The van der Waals surface area contributed by atoms with Gasteiger partial charge in [-0.3, -0.25) is 0 Å². The predicted molar refractivity (Wildman–Crippen MR) is 60.7 cm³/mol. The smallest absolute Gasteiger partial charge is 0.0379 e. The molecular formula is C12H18N2. The van der Waals surface area contributed by atoms with Crippen LogP contribution in [0.3, 0.4) is 0 Å². The van der Waals surface area contributed by atoms with Crippen LogP contribution in [0.2, 0.25) is 0 Å². The summed E-state index contributed by atoms with van der Waals surface area (Å²) in [4.78, 5) is 0. The average molecular weight is 190 g/mol. The zero-order chi connectivity index (χ0) is 10.1. The molecule has 2 nitrogen and oxygen atoms in total. The van der Waals surface area contributed by atoms with Crippen LogP contribution in [0.15, 0.2) is 18.2 Å². The molecule has 0 saturated carbocycles. The van der Waals surface area contributed by atoms with Gasteiger partial charge in [-0.15, -0.1) is 0 Å². The van der Waals surface area contributed by atoms with Gasteiger partial charge in [0.25, 0.3) is 0 Å². The number of nitrogens with one attached hydrogen (secondary N) is 2. The standard InChI is InChI=1S/C12H18N2/c1-8-7-11-10(9(2)13-3)5-4-6-12(11)14-8/h4-6,8-9,13-14H,7H2,1-3H3. The molecule has 0 aliphatic carbocycles. The lowest BCUT2D eigenvalue weighted by Crippen LogP contribution is -2.14. The molecule has 2 N–H and O–H groups in total. The van der Waals surface area contributed by atoms with E-state index in [0.29, 0.717) is 12.1 Å². The largest absolute Gasteiger partial charge is 0.382 e. The van der Waals surface area contributed by atoms with Crippen LogP contribution in [0.25, 0.3) is 0 Å². The van der Waals surface area contributed by atoms with E-state index in [4.69, 9.17) is 0 Å². The first-order valence-electron chi connectivity index (χ1n) is 5.28. The van der Waals surface area contributed by atoms with Crippen LogP contribution in [0.5, 0.6) is 0 Å². The first kappa shape index (κ1) is 9.53. The number of anilines is 1. The van der Waals surface area contributed by atoms with E-state index in [-0.39, 0.29) is 0 Å². The molecule has 1 heterocycles. The summed E-state index contributed by atoms with van der Waals surface area (Å²) in [6.07, 6.45) is 1.15. The van der Waals surface area contributed by atoms with Gasteiger partial charge < -0.3 is 10.6 Å². The predicted octanol–water partition coefficient (Wildman–Crippen LogP) is 2.32. The molecule has 0 radical (unpaired) electrons. The molecule has 14 heavy (non-hydrogen) atoms. The van der Waals surface area contributed by atoms with Gasteiger partial charge in [-0.25, -0.2) is 0 Å². The third-order valence-electron chi connectivity index (χ3n) is 3.02. The SMILES string of the molecule is CNC(C)c1cccc2c1CC(C)N2. The Labute approximate surface area is 85.7 Å². The summed E-state index contributed by atoms with van der Waals surface area (Å²) in [5.74, 6) is 0. The second-order valence-corrected chi connectivity index (χ2v) is 4.13. The number of hydrogen-bond donors (Lipinski definition) is 2. The summed E-state index contributed by atoms with van der Waals surface area (Å²) in [7, 11) is 2.01. The molecule has 2 unspecified atom stereocenters. The van der Waals surface area contributed by atoms with Crippen molar-refractivity contribution in [2.24, 2.45) is 0 Å². The van der Waals surface area contributed by atoms with Crippen LogP contribution in [-0.2, 0) is 6.42 Å². The minimum atomic E-state index is 0.442. The molecule has 0 spiro atoms. The topological polar surface area (TPSA) is 24.1 Å². The Kier molecular flexibility index (Phi) is 2.46. The van der Waals surface area contributed by atoms with Crippen molar-refractivity contribution < 1.29 is 0 Å². The highest BCUT2D eigenvalue weighted by molar-refractivity contribution is 5.60. The molecular weight excluding hydrogens is 172 g/mol. The van der Waals surface area contributed by atoms with Crippen LogP contribution < -0.4 is 10.6 Å². The first-order chi connectivity index (χ1) is 6.72.